The van der Waals surface area contributed by atoms with Crippen LogP contribution in [0.5, 0.6) is 0 Å². The molecule has 2 N–H and O–H groups in total. The van der Waals surface area contributed by atoms with E-state index in [0.29, 0.717) is 0 Å². The Labute approximate surface area is 150 Å². The summed E-state index contributed by atoms with van der Waals surface area (Å²) in [7, 11) is 3.69. The third-order valence-electron chi connectivity index (χ3n) is 4.07. The fourth-order valence-corrected chi connectivity index (χ4v) is 2.89. The summed E-state index contributed by atoms with van der Waals surface area (Å²) < 4.78 is 7.41. The number of anilines is 2. The van der Waals surface area contributed by atoms with E-state index in [2.05, 4.69) is 29.7 Å². The van der Waals surface area contributed by atoms with Gasteiger partial charge in [0.15, 0.2) is 0 Å². The zero-order valence-corrected chi connectivity index (χ0v) is 16.0. The van der Waals surface area contributed by atoms with Gasteiger partial charge in [0.05, 0.1) is 23.6 Å². The molecule has 2 rings (SSSR count). The van der Waals surface area contributed by atoms with Gasteiger partial charge < -0.3 is 19.9 Å². The highest BCUT2D eigenvalue weighted by Gasteiger charge is 2.09. The number of benzene rings is 1. The summed E-state index contributed by atoms with van der Waals surface area (Å²) >= 11 is 0. The van der Waals surface area contributed by atoms with E-state index in [-0.39, 0.29) is 17.8 Å². The lowest BCUT2D eigenvalue weighted by molar-refractivity contribution is 0.0266. The first-order valence-electron chi connectivity index (χ1n) is 8.70. The van der Waals surface area contributed by atoms with Gasteiger partial charge in [0.2, 0.25) is 0 Å². The first-order chi connectivity index (χ1) is 11.8. The van der Waals surface area contributed by atoms with Crippen LogP contribution in [0.25, 0.3) is 11.1 Å². The van der Waals surface area contributed by atoms with Gasteiger partial charge in [-0.2, -0.15) is 0 Å². The third-order valence-corrected chi connectivity index (χ3v) is 4.07. The number of aromatic nitrogens is 1. The molecule has 1 atom stereocenters. The number of hydrogen-bond donors (Lipinski definition) is 2. The molecule has 0 aliphatic heterocycles. The van der Waals surface area contributed by atoms with Crippen LogP contribution in [0.3, 0.4) is 0 Å². The van der Waals surface area contributed by atoms with Gasteiger partial charge in [0.1, 0.15) is 0 Å². The largest absolute Gasteiger partial charge is 0.386 e. The van der Waals surface area contributed by atoms with Crippen LogP contribution in [0.1, 0.15) is 26.3 Å². The van der Waals surface area contributed by atoms with E-state index in [0.717, 1.165) is 34.6 Å². The molecule has 1 aromatic heterocycles. The normalized spacial score (nSPS) is 12.3. The van der Waals surface area contributed by atoms with Crippen molar-refractivity contribution in [1.29, 1.82) is 0 Å². The summed E-state index contributed by atoms with van der Waals surface area (Å²) in [5.74, 6) is 0. The fraction of sp³-hybridized carbons (Fsp3) is 0.450. The minimum absolute atomic E-state index is 0.0357. The minimum Gasteiger partial charge on any atom is -0.386 e. The molecule has 0 unspecified atom stereocenters. The highest BCUT2D eigenvalue weighted by Crippen LogP contribution is 2.29. The average Bonchev–Trinajstić information content (AvgIpc) is 2.56. The van der Waals surface area contributed by atoms with Crippen molar-refractivity contribution in [2.75, 3.05) is 24.2 Å². The van der Waals surface area contributed by atoms with Crippen LogP contribution in [0.4, 0.5) is 11.4 Å². The van der Waals surface area contributed by atoms with E-state index < -0.39 is 0 Å². The van der Waals surface area contributed by atoms with Crippen molar-refractivity contribution in [3.8, 4) is 11.1 Å². The first-order valence-corrected chi connectivity index (χ1v) is 8.70. The predicted molar refractivity (Wildman–Crippen MR) is 106 cm³/mol. The minimum atomic E-state index is 0.0357. The quantitative estimate of drug-likeness (QED) is 0.806. The van der Waals surface area contributed by atoms with Crippen molar-refractivity contribution in [2.45, 2.75) is 39.9 Å². The number of aryl methyl sites for hydroxylation is 2. The smallest absolute Gasteiger partial charge is 0.253 e. The molecule has 0 aliphatic rings. The van der Waals surface area contributed by atoms with Crippen LogP contribution in [-0.4, -0.2) is 30.4 Å². The Morgan fingerprint density at radius 3 is 2.44 bits per heavy atom. The van der Waals surface area contributed by atoms with E-state index in [9.17, 15) is 4.79 Å². The molecule has 5 nitrogen and oxygen atoms in total. The molecule has 0 saturated carbocycles. The molecule has 0 bridgehead atoms. The van der Waals surface area contributed by atoms with Crippen molar-refractivity contribution in [2.24, 2.45) is 7.05 Å². The van der Waals surface area contributed by atoms with Gasteiger partial charge >= 0.3 is 0 Å². The first kappa shape index (κ1) is 19.1. The van der Waals surface area contributed by atoms with Gasteiger partial charge in [0, 0.05) is 32.4 Å². The number of hydrogen-bond acceptors (Lipinski definition) is 4. The zero-order valence-electron chi connectivity index (χ0n) is 16.0. The summed E-state index contributed by atoms with van der Waals surface area (Å²) in [6.07, 6.45) is 2.20. The Hall–Kier alpha value is -2.27. The van der Waals surface area contributed by atoms with Crippen molar-refractivity contribution in [3.05, 3.63) is 46.4 Å². The molecule has 0 spiro atoms. The highest BCUT2D eigenvalue weighted by atomic mass is 16.5. The van der Waals surface area contributed by atoms with Crippen LogP contribution in [0.2, 0.25) is 0 Å². The zero-order chi connectivity index (χ0) is 18.6. The van der Waals surface area contributed by atoms with Gasteiger partial charge in [-0.05, 0) is 57.0 Å². The van der Waals surface area contributed by atoms with Crippen LogP contribution < -0.4 is 16.2 Å². The second-order valence-electron chi connectivity index (χ2n) is 6.71. The Morgan fingerprint density at radius 2 is 1.84 bits per heavy atom. The third kappa shape index (κ3) is 4.86. The SMILES string of the molecule is CNc1ccc(-c2cc(C)c(=O)n(C)c2)cc1NC[C@H](C)OC(C)C. The maximum Gasteiger partial charge on any atom is 0.253 e. The number of nitrogens with zero attached hydrogens (tertiary/aromatic N) is 1. The van der Waals surface area contributed by atoms with Crippen molar-refractivity contribution >= 4 is 11.4 Å². The number of rotatable bonds is 7. The molecule has 0 fully saturated rings. The van der Waals surface area contributed by atoms with Gasteiger partial charge in [0.25, 0.3) is 5.56 Å². The molecule has 1 aromatic carbocycles. The maximum atomic E-state index is 11.9. The molecular weight excluding hydrogens is 314 g/mol. The molecule has 0 aliphatic carbocycles. The van der Waals surface area contributed by atoms with Crippen LogP contribution in [-0.2, 0) is 11.8 Å². The van der Waals surface area contributed by atoms with E-state index in [1.54, 1.807) is 11.6 Å². The second kappa shape index (κ2) is 8.21. The number of pyridine rings is 1. The maximum absolute atomic E-state index is 11.9. The fourth-order valence-electron chi connectivity index (χ4n) is 2.89. The summed E-state index contributed by atoms with van der Waals surface area (Å²) in [6.45, 7) is 8.71. The standard InChI is InChI=1S/C20H29N3O2/c1-13(2)25-15(4)11-22-19-10-16(7-8-18(19)21-5)17-9-14(3)20(24)23(6)12-17/h7-10,12-13,15,21-22H,11H2,1-6H3/t15-/m0/s1. The molecular formula is C20H29N3O2. The molecule has 2 aromatic rings. The van der Waals surface area contributed by atoms with E-state index >= 15 is 0 Å². The highest BCUT2D eigenvalue weighted by molar-refractivity contribution is 5.77. The van der Waals surface area contributed by atoms with E-state index in [1.165, 1.54) is 0 Å². The van der Waals surface area contributed by atoms with E-state index in [4.69, 9.17) is 4.74 Å². The van der Waals surface area contributed by atoms with Crippen molar-refractivity contribution in [1.82, 2.24) is 4.57 Å². The predicted octanol–water partition coefficient (Wildman–Crippen LogP) is 3.63. The lowest BCUT2D eigenvalue weighted by Crippen LogP contribution is -2.23. The van der Waals surface area contributed by atoms with Crippen LogP contribution in [0.15, 0.2) is 35.3 Å². The average molecular weight is 343 g/mol. The van der Waals surface area contributed by atoms with E-state index in [1.807, 2.05) is 46.1 Å². The topological polar surface area (TPSA) is 55.3 Å². The molecule has 25 heavy (non-hydrogen) atoms. The Bertz CT molecular complexity index is 755. The summed E-state index contributed by atoms with van der Waals surface area (Å²) in [5.41, 5.74) is 4.92. The molecule has 5 heteroatoms. The Balaban J connectivity index is 2.29. The summed E-state index contributed by atoms with van der Waals surface area (Å²) in [6, 6.07) is 8.15. The van der Waals surface area contributed by atoms with Crippen LogP contribution in [0, 0.1) is 6.92 Å². The van der Waals surface area contributed by atoms with Crippen LogP contribution >= 0.6 is 0 Å². The van der Waals surface area contributed by atoms with Crippen molar-refractivity contribution < 1.29 is 4.74 Å². The molecule has 0 radical (unpaired) electrons. The molecule has 0 saturated heterocycles. The van der Waals surface area contributed by atoms with Crippen molar-refractivity contribution in [3.63, 3.8) is 0 Å². The summed E-state index contributed by atoms with van der Waals surface area (Å²) in [4.78, 5) is 11.9. The lowest BCUT2D eigenvalue weighted by Gasteiger charge is -2.19. The molecule has 0 amide bonds. The summed E-state index contributed by atoms with van der Waals surface area (Å²) in [5, 5.41) is 6.68. The number of ether oxygens (including phenoxy) is 1. The molecule has 136 valence electrons. The molecule has 1 heterocycles. The van der Waals surface area contributed by atoms with Gasteiger partial charge in [-0.1, -0.05) is 6.07 Å². The number of nitrogens with one attached hydrogen (secondary N) is 2. The van der Waals surface area contributed by atoms with Gasteiger partial charge in [-0.15, -0.1) is 0 Å². The van der Waals surface area contributed by atoms with Gasteiger partial charge in [-0.25, -0.2) is 0 Å². The monoisotopic (exact) mass is 343 g/mol. The second-order valence-corrected chi connectivity index (χ2v) is 6.71. The van der Waals surface area contributed by atoms with Gasteiger partial charge in [-0.3, -0.25) is 4.79 Å². The lowest BCUT2D eigenvalue weighted by atomic mass is 10.0. The Kier molecular flexibility index (Phi) is 6.26. The Morgan fingerprint density at radius 1 is 1.12 bits per heavy atom.